The van der Waals surface area contributed by atoms with Crippen LogP contribution in [0.25, 0.3) is 0 Å². The molecule has 0 unspecified atom stereocenters. The van der Waals surface area contributed by atoms with E-state index in [1.807, 2.05) is 0 Å². The smallest absolute Gasteiger partial charge is 0.307 e. The Morgan fingerprint density at radius 2 is 1.95 bits per heavy atom. The van der Waals surface area contributed by atoms with Gasteiger partial charge in [0.05, 0.1) is 13.5 Å². The summed E-state index contributed by atoms with van der Waals surface area (Å²) in [6.45, 7) is 6.87. The summed E-state index contributed by atoms with van der Waals surface area (Å²) >= 11 is 0. The van der Waals surface area contributed by atoms with Gasteiger partial charge in [-0.2, -0.15) is 0 Å². The molecule has 1 saturated carbocycles. The second kappa shape index (κ2) is 10.4. The molecular formula is C18H31NO3. The zero-order chi connectivity index (χ0) is 16.4. The Morgan fingerprint density at radius 3 is 2.50 bits per heavy atom. The third kappa shape index (κ3) is 6.20. The molecule has 1 aliphatic carbocycles. The average molecular weight is 309 g/mol. The number of amides is 1. The molecule has 0 aromatic rings. The number of esters is 1. The number of carbonyl (C=O) groups excluding carboxylic acids is 2. The van der Waals surface area contributed by atoms with E-state index in [-0.39, 0.29) is 24.2 Å². The molecule has 0 aromatic carbocycles. The van der Waals surface area contributed by atoms with E-state index in [0.717, 1.165) is 31.6 Å². The number of nitrogens with zero attached hydrogens (tertiary/aromatic N) is 1. The number of rotatable bonds is 9. The van der Waals surface area contributed by atoms with Crippen molar-refractivity contribution in [1.29, 1.82) is 0 Å². The third-order valence-corrected chi connectivity index (χ3v) is 4.64. The quantitative estimate of drug-likeness (QED) is 0.483. The minimum Gasteiger partial charge on any atom is -0.469 e. The molecule has 126 valence electrons. The summed E-state index contributed by atoms with van der Waals surface area (Å²) in [4.78, 5) is 25.7. The highest BCUT2D eigenvalue weighted by Crippen LogP contribution is 2.32. The SMILES string of the molecule is C=CCN(CCC(=O)OC)C(=O)C1CCC(CCCC)CC1. The van der Waals surface area contributed by atoms with Gasteiger partial charge in [-0.25, -0.2) is 0 Å². The lowest BCUT2D eigenvalue weighted by Crippen LogP contribution is -2.39. The van der Waals surface area contributed by atoms with Gasteiger partial charge in [-0.05, 0) is 31.6 Å². The molecule has 0 spiro atoms. The average Bonchev–Trinajstić information content (AvgIpc) is 2.56. The molecule has 1 rings (SSSR count). The monoisotopic (exact) mass is 309 g/mol. The van der Waals surface area contributed by atoms with Gasteiger partial charge in [-0.3, -0.25) is 9.59 Å². The highest BCUT2D eigenvalue weighted by molar-refractivity contribution is 5.79. The van der Waals surface area contributed by atoms with Crippen LogP contribution in [0, 0.1) is 11.8 Å². The van der Waals surface area contributed by atoms with Crippen molar-refractivity contribution in [3.63, 3.8) is 0 Å². The van der Waals surface area contributed by atoms with Crippen LogP contribution >= 0.6 is 0 Å². The summed E-state index contributed by atoms with van der Waals surface area (Å²) < 4.78 is 4.65. The number of ether oxygens (including phenoxy) is 1. The van der Waals surface area contributed by atoms with Gasteiger partial charge in [-0.15, -0.1) is 6.58 Å². The fraction of sp³-hybridized carbons (Fsp3) is 0.778. The number of hydrogen-bond donors (Lipinski definition) is 0. The van der Waals surface area contributed by atoms with Gasteiger partial charge < -0.3 is 9.64 Å². The Kier molecular flexibility index (Phi) is 8.86. The predicted octanol–water partition coefficient (Wildman–Crippen LogP) is 3.56. The van der Waals surface area contributed by atoms with Crippen molar-refractivity contribution in [1.82, 2.24) is 4.90 Å². The second-order valence-electron chi connectivity index (χ2n) is 6.26. The predicted molar refractivity (Wildman–Crippen MR) is 88.4 cm³/mol. The van der Waals surface area contributed by atoms with E-state index in [9.17, 15) is 9.59 Å². The standard InChI is InChI=1S/C18H31NO3/c1-4-6-7-15-8-10-16(11-9-15)18(21)19(13-5-2)14-12-17(20)22-3/h5,15-16H,2,4,6-14H2,1,3H3. The summed E-state index contributed by atoms with van der Waals surface area (Å²) in [7, 11) is 1.37. The van der Waals surface area contributed by atoms with Crippen LogP contribution in [-0.4, -0.2) is 37.0 Å². The minimum absolute atomic E-state index is 0.121. The summed E-state index contributed by atoms with van der Waals surface area (Å²) in [5.41, 5.74) is 0. The van der Waals surface area contributed by atoms with Crippen LogP contribution in [0.1, 0.15) is 58.3 Å². The first-order valence-electron chi connectivity index (χ1n) is 8.58. The molecule has 0 radical (unpaired) electrons. The van der Waals surface area contributed by atoms with Crippen molar-refractivity contribution in [3.05, 3.63) is 12.7 Å². The van der Waals surface area contributed by atoms with Crippen LogP contribution in [0.2, 0.25) is 0 Å². The molecule has 4 nitrogen and oxygen atoms in total. The van der Waals surface area contributed by atoms with Gasteiger partial charge in [0.15, 0.2) is 0 Å². The van der Waals surface area contributed by atoms with Crippen molar-refractivity contribution in [2.24, 2.45) is 11.8 Å². The molecule has 22 heavy (non-hydrogen) atoms. The fourth-order valence-corrected chi connectivity index (χ4v) is 3.22. The van der Waals surface area contributed by atoms with Crippen molar-refractivity contribution in [3.8, 4) is 0 Å². The van der Waals surface area contributed by atoms with Gasteiger partial charge in [0.1, 0.15) is 0 Å². The minimum atomic E-state index is -0.273. The molecule has 1 fully saturated rings. The van der Waals surface area contributed by atoms with E-state index in [1.165, 1.54) is 26.4 Å². The first-order chi connectivity index (χ1) is 10.6. The molecule has 0 aliphatic heterocycles. The number of carbonyl (C=O) groups is 2. The van der Waals surface area contributed by atoms with Gasteiger partial charge in [0, 0.05) is 19.0 Å². The second-order valence-corrected chi connectivity index (χ2v) is 6.26. The lowest BCUT2D eigenvalue weighted by atomic mass is 9.79. The van der Waals surface area contributed by atoms with Gasteiger partial charge >= 0.3 is 5.97 Å². The number of unbranched alkanes of at least 4 members (excludes halogenated alkanes) is 1. The Morgan fingerprint density at radius 1 is 1.27 bits per heavy atom. The van der Waals surface area contributed by atoms with Crippen molar-refractivity contribution >= 4 is 11.9 Å². The number of hydrogen-bond acceptors (Lipinski definition) is 3. The van der Waals surface area contributed by atoms with Crippen molar-refractivity contribution in [2.75, 3.05) is 20.2 Å². The molecule has 0 N–H and O–H groups in total. The zero-order valence-electron chi connectivity index (χ0n) is 14.2. The van der Waals surface area contributed by atoms with Gasteiger partial charge in [-0.1, -0.05) is 32.3 Å². The van der Waals surface area contributed by atoms with E-state index in [0.29, 0.717) is 13.1 Å². The van der Waals surface area contributed by atoms with E-state index >= 15 is 0 Å². The maximum atomic E-state index is 12.6. The molecule has 0 atom stereocenters. The van der Waals surface area contributed by atoms with E-state index in [2.05, 4.69) is 18.2 Å². The molecule has 0 bridgehead atoms. The Balaban J connectivity index is 2.45. The number of methoxy groups -OCH3 is 1. The molecule has 1 aliphatic rings. The highest BCUT2D eigenvalue weighted by atomic mass is 16.5. The van der Waals surface area contributed by atoms with Crippen LogP contribution < -0.4 is 0 Å². The topological polar surface area (TPSA) is 46.6 Å². The first-order valence-corrected chi connectivity index (χ1v) is 8.58. The molecule has 0 aromatic heterocycles. The van der Waals surface area contributed by atoms with Crippen LogP contribution in [0.15, 0.2) is 12.7 Å². The molecule has 4 heteroatoms. The first kappa shape index (κ1) is 18.7. The maximum Gasteiger partial charge on any atom is 0.307 e. The van der Waals surface area contributed by atoms with Crippen LogP contribution in [0.4, 0.5) is 0 Å². The van der Waals surface area contributed by atoms with Crippen LogP contribution in [-0.2, 0) is 14.3 Å². The molecule has 1 amide bonds. The summed E-state index contributed by atoms with van der Waals surface area (Å²) in [6, 6.07) is 0. The lowest BCUT2D eigenvalue weighted by Gasteiger charge is -2.31. The normalized spacial score (nSPS) is 21.2. The third-order valence-electron chi connectivity index (χ3n) is 4.64. The molecule has 0 heterocycles. The maximum absolute atomic E-state index is 12.6. The Hall–Kier alpha value is -1.32. The van der Waals surface area contributed by atoms with Gasteiger partial charge in [0.2, 0.25) is 5.91 Å². The van der Waals surface area contributed by atoms with Crippen molar-refractivity contribution in [2.45, 2.75) is 58.3 Å². The Bertz CT molecular complexity index is 359. The van der Waals surface area contributed by atoms with Crippen LogP contribution in [0.3, 0.4) is 0 Å². The summed E-state index contributed by atoms with van der Waals surface area (Å²) in [6.07, 6.45) is 10.1. The summed E-state index contributed by atoms with van der Waals surface area (Å²) in [5, 5.41) is 0. The van der Waals surface area contributed by atoms with Crippen LogP contribution in [0.5, 0.6) is 0 Å². The summed E-state index contributed by atoms with van der Waals surface area (Å²) in [5.74, 6) is 0.824. The van der Waals surface area contributed by atoms with E-state index in [1.54, 1.807) is 11.0 Å². The van der Waals surface area contributed by atoms with Crippen molar-refractivity contribution < 1.29 is 14.3 Å². The fourth-order valence-electron chi connectivity index (χ4n) is 3.22. The van der Waals surface area contributed by atoms with Gasteiger partial charge in [0.25, 0.3) is 0 Å². The molecular weight excluding hydrogens is 278 g/mol. The van der Waals surface area contributed by atoms with E-state index in [4.69, 9.17) is 0 Å². The van der Waals surface area contributed by atoms with E-state index < -0.39 is 0 Å². The Labute approximate surface area is 134 Å². The lowest BCUT2D eigenvalue weighted by molar-refractivity contribution is -0.142. The largest absolute Gasteiger partial charge is 0.469 e. The zero-order valence-corrected chi connectivity index (χ0v) is 14.2. The highest BCUT2D eigenvalue weighted by Gasteiger charge is 2.29. The molecule has 0 saturated heterocycles.